The van der Waals surface area contributed by atoms with Crippen LogP contribution < -0.4 is 10.6 Å². The van der Waals surface area contributed by atoms with Crippen LogP contribution >= 0.6 is 34.8 Å². The van der Waals surface area contributed by atoms with Gasteiger partial charge >= 0.3 is 5.70 Å². The average Bonchev–Trinajstić information content (AvgIpc) is 2.76. The van der Waals surface area contributed by atoms with Crippen LogP contribution in [0.15, 0.2) is 21.0 Å². The Bertz CT molecular complexity index is 864. The lowest BCUT2D eigenvalue weighted by Crippen LogP contribution is -2.58. The molecular formula is C28H40Cl3N3O2. The Hall–Kier alpha value is -0.650. The molecule has 0 heterocycles. The fraction of sp³-hybridized carbons (Fsp3) is 0.857. The molecule has 0 unspecified atom stereocenters. The molecule has 36 heavy (non-hydrogen) atoms. The zero-order chi connectivity index (χ0) is 25.4. The third-order valence-electron chi connectivity index (χ3n) is 11.5. The van der Waals surface area contributed by atoms with Crippen molar-refractivity contribution in [2.45, 2.75) is 103 Å². The number of nitro groups is 1. The highest BCUT2D eigenvalue weighted by molar-refractivity contribution is 6.59. The summed E-state index contributed by atoms with van der Waals surface area (Å²) in [7, 11) is 0. The topological polar surface area (TPSA) is 67.2 Å². The van der Waals surface area contributed by atoms with Gasteiger partial charge in [-0.3, -0.25) is 10.1 Å². The number of hydrogen-bond acceptors (Lipinski definition) is 4. The van der Waals surface area contributed by atoms with Gasteiger partial charge < -0.3 is 10.6 Å². The number of halogens is 3. The van der Waals surface area contributed by atoms with Gasteiger partial charge in [0.05, 0.1) is 4.92 Å². The molecule has 0 amide bonds. The largest absolute Gasteiger partial charge is 0.363 e. The van der Waals surface area contributed by atoms with Crippen LogP contribution in [0.5, 0.6) is 0 Å². The number of allylic oxidation sites excluding steroid dienone is 1. The van der Waals surface area contributed by atoms with Crippen molar-refractivity contribution in [2.24, 2.45) is 46.3 Å². The maximum atomic E-state index is 12.4. The van der Waals surface area contributed by atoms with E-state index in [-0.39, 0.29) is 38.1 Å². The van der Waals surface area contributed by atoms with Gasteiger partial charge in [0, 0.05) is 12.1 Å². The van der Waals surface area contributed by atoms with E-state index in [0.717, 1.165) is 35.5 Å². The normalized spacial score (nSPS) is 43.1. The van der Waals surface area contributed by atoms with E-state index in [4.69, 9.17) is 34.8 Å². The Morgan fingerprint density at radius 3 is 1.28 bits per heavy atom. The zero-order valence-electron chi connectivity index (χ0n) is 21.5. The summed E-state index contributed by atoms with van der Waals surface area (Å²) < 4.78 is -0.269. The number of hydrogen-bond donors (Lipinski definition) is 2. The van der Waals surface area contributed by atoms with Crippen LogP contribution in [-0.2, 0) is 0 Å². The first kappa shape index (κ1) is 25.6. The third-order valence-corrected chi connectivity index (χ3v) is 12.5. The van der Waals surface area contributed by atoms with Gasteiger partial charge in [-0.1, -0.05) is 34.8 Å². The Balaban J connectivity index is 1.31. The van der Waals surface area contributed by atoms with Gasteiger partial charge in [0.15, 0.2) is 10.9 Å². The smallest absolute Gasteiger partial charge is 0.329 e. The van der Waals surface area contributed by atoms with E-state index in [0.29, 0.717) is 5.82 Å². The van der Waals surface area contributed by atoms with Crippen LogP contribution in [0.4, 0.5) is 0 Å². The van der Waals surface area contributed by atoms with Gasteiger partial charge in [-0.15, -0.1) is 0 Å². The summed E-state index contributed by atoms with van der Waals surface area (Å²) in [6.45, 7) is 4.45. The summed E-state index contributed by atoms with van der Waals surface area (Å²) in [6, 6.07) is 0.205. The number of nitrogens with zero attached hydrogens (tertiary/aromatic N) is 1. The first-order valence-electron chi connectivity index (χ1n) is 14.2. The summed E-state index contributed by atoms with van der Waals surface area (Å²) in [5.41, 5.74) is 0.146. The summed E-state index contributed by atoms with van der Waals surface area (Å²) in [6.07, 6.45) is 15.5. The van der Waals surface area contributed by atoms with Crippen molar-refractivity contribution >= 4 is 34.8 Å². The molecule has 8 heteroatoms. The molecule has 0 spiro atoms. The lowest BCUT2D eigenvalue weighted by Gasteiger charge is -2.60. The van der Waals surface area contributed by atoms with E-state index in [1.54, 1.807) is 0 Å². The summed E-state index contributed by atoms with van der Waals surface area (Å²) >= 11 is 18.4. The molecule has 8 aliphatic carbocycles. The number of rotatable bonds is 8. The Morgan fingerprint density at radius 2 is 1.03 bits per heavy atom. The van der Waals surface area contributed by atoms with Crippen molar-refractivity contribution in [1.29, 1.82) is 0 Å². The molecule has 0 saturated heterocycles. The second kappa shape index (κ2) is 9.23. The van der Waals surface area contributed by atoms with Crippen LogP contribution in [-0.4, -0.2) is 17.0 Å². The van der Waals surface area contributed by atoms with Crippen molar-refractivity contribution in [1.82, 2.24) is 10.6 Å². The maximum absolute atomic E-state index is 12.4. The third kappa shape index (κ3) is 4.37. The molecule has 200 valence electrons. The Kier molecular flexibility index (Phi) is 6.57. The molecule has 0 aromatic carbocycles. The highest BCUT2D eigenvalue weighted by atomic mass is 35.5. The zero-order valence-corrected chi connectivity index (χ0v) is 23.8. The summed E-state index contributed by atoms with van der Waals surface area (Å²) in [5, 5.41) is 19.5. The second-order valence-corrected chi connectivity index (χ2v) is 15.2. The molecule has 0 aromatic heterocycles. The first-order valence-corrected chi connectivity index (χ1v) is 15.3. The summed E-state index contributed by atoms with van der Waals surface area (Å²) in [5.74, 6) is 5.25. The van der Waals surface area contributed by atoms with Crippen LogP contribution in [0.1, 0.15) is 90.9 Å². The van der Waals surface area contributed by atoms with Gasteiger partial charge in [0.25, 0.3) is 0 Å². The fourth-order valence-corrected chi connectivity index (χ4v) is 11.0. The first-order chi connectivity index (χ1) is 17.1. The molecular weight excluding hydrogens is 517 g/mol. The van der Waals surface area contributed by atoms with E-state index >= 15 is 0 Å². The van der Waals surface area contributed by atoms with Crippen molar-refractivity contribution in [3.63, 3.8) is 0 Å². The molecule has 8 aliphatic rings. The SMILES string of the molecule is C[C@H](NC(N[C@@H](C)C12CC3CC(CC(C3)C1)C2)=C(C(Cl)=C(Cl)Cl)[N+](=O)[O-])C12CC3CC(CC(C3)C1)C2. The van der Waals surface area contributed by atoms with Crippen LogP contribution in [0.2, 0.25) is 0 Å². The van der Waals surface area contributed by atoms with Crippen LogP contribution in [0.25, 0.3) is 0 Å². The standard InChI is InChI=1S/C28H40Cl3N3O2/c1-15(27-9-17-3-18(10-27)5-19(4-17)11-27)32-26(24(34(35)36)23(29)25(30)31)33-16(2)28-12-20-6-21(13-28)8-22(7-20)14-28/h15-22,32-33H,3-14H2,1-2H3/t15-,16-,17?,18?,19?,20?,21?,22?,27?,28?/m0/s1. The highest BCUT2D eigenvalue weighted by Crippen LogP contribution is 2.62. The summed E-state index contributed by atoms with van der Waals surface area (Å²) in [4.78, 5) is 11.9. The van der Waals surface area contributed by atoms with Gasteiger partial charge in [0.1, 0.15) is 4.49 Å². The monoisotopic (exact) mass is 555 g/mol. The Labute approximate surface area is 230 Å². The van der Waals surface area contributed by atoms with Gasteiger partial charge in [-0.05, 0) is 137 Å². The minimum atomic E-state index is -0.429. The number of nitrogens with one attached hydrogen (secondary N) is 2. The van der Waals surface area contributed by atoms with Gasteiger partial charge in [0.2, 0.25) is 0 Å². The van der Waals surface area contributed by atoms with Gasteiger partial charge in [-0.25, -0.2) is 0 Å². The van der Waals surface area contributed by atoms with E-state index < -0.39 is 4.92 Å². The maximum Gasteiger partial charge on any atom is 0.329 e. The fourth-order valence-electron chi connectivity index (χ4n) is 10.7. The van der Waals surface area contributed by atoms with Crippen molar-refractivity contribution in [3.05, 3.63) is 31.2 Å². The van der Waals surface area contributed by atoms with Crippen molar-refractivity contribution in [3.8, 4) is 0 Å². The van der Waals surface area contributed by atoms with Crippen molar-refractivity contribution in [2.75, 3.05) is 0 Å². The minimum Gasteiger partial charge on any atom is -0.363 e. The molecule has 0 radical (unpaired) electrons. The predicted octanol–water partition coefficient (Wildman–Crippen LogP) is 7.71. The quantitative estimate of drug-likeness (QED) is 0.182. The highest BCUT2D eigenvalue weighted by Gasteiger charge is 2.55. The molecule has 0 aromatic rings. The average molecular weight is 557 g/mol. The molecule has 0 aliphatic heterocycles. The van der Waals surface area contributed by atoms with E-state index in [9.17, 15) is 10.1 Å². The second-order valence-electron chi connectivity index (χ2n) is 13.8. The van der Waals surface area contributed by atoms with E-state index in [2.05, 4.69) is 24.5 Å². The lowest BCUT2D eigenvalue weighted by atomic mass is 9.48. The van der Waals surface area contributed by atoms with E-state index in [1.165, 1.54) is 77.0 Å². The van der Waals surface area contributed by atoms with Crippen LogP contribution in [0.3, 0.4) is 0 Å². The molecule has 8 saturated carbocycles. The molecule has 2 atom stereocenters. The van der Waals surface area contributed by atoms with Crippen LogP contribution in [0, 0.1) is 56.5 Å². The van der Waals surface area contributed by atoms with Gasteiger partial charge in [-0.2, -0.15) is 0 Å². The molecule has 2 N–H and O–H groups in total. The van der Waals surface area contributed by atoms with E-state index in [1.807, 2.05) is 0 Å². The molecule has 8 fully saturated rings. The minimum absolute atomic E-state index is 0.102. The molecule has 8 rings (SSSR count). The van der Waals surface area contributed by atoms with Crippen molar-refractivity contribution < 1.29 is 4.92 Å². The Morgan fingerprint density at radius 1 is 0.722 bits per heavy atom. The molecule has 8 bridgehead atoms. The molecule has 5 nitrogen and oxygen atoms in total. The lowest BCUT2D eigenvalue weighted by molar-refractivity contribution is -0.421. The predicted molar refractivity (Wildman–Crippen MR) is 145 cm³/mol.